The van der Waals surface area contributed by atoms with E-state index in [1.54, 1.807) is 32.4 Å². The quantitative estimate of drug-likeness (QED) is 0.328. The highest BCUT2D eigenvalue weighted by molar-refractivity contribution is 6.31. The average molecular weight is 400 g/mol. The summed E-state index contributed by atoms with van der Waals surface area (Å²) in [6.45, 7) is 0.350. The second-order valence-electron chi connectivity index (χ2n) is 6.22. The number of esters is 1. The van der Waals surface area contributed by atoms with Crippen molar-refractivity contribution >= 4 is 34.5 Å². The zero-order chi connectivity index (χ0) is 19.9. The number of methoxy groups -OCH3 is 2. The lowest BCUT2D eigenvalue weighted by atomic mass is 10.1. The monoisotopic (exact) mass is 399 g/mol. The first kappa shape index (κ1) is 19.8. The minimum atomic E-state index is -0.378. The molecule has 0 saturated carbocycles. The summed E-state index contributed by atoms with van der Waals surface area (Å²) in [6, 6.07) is 11.2. The Bertz CT molecular complexity index is 993. The number of fused-ring (bicyclic) bond motifs is 1. The Balaban J connectivity index is 1.49. The van der Waals surface area contributed by atoms with Gasteiger partial charge in [-0.1, -0.05) is 17.7 Å². The molecule has 0 spiro atoms. The molecule has 0 unspecified atom stereocenters. The standard InChI is InChI=1S/C22H22ClNO4/c1-26-20-9-5-15(12-21(20)27-2)6-10-22(25)28-11-3-4-16-14-24-19-8-7-17(23)13-18(16)19/h5-10,12-14,24H,3-4,11H2,1-2H3/b10-6+. The van der Waals surface area contributed by atoms with Gasteiger partial charge in [-0.15, -0.1) is 0 Å². The second kappa shape index (κ2) is 9.33. The number of carbonyl (C=O) groups excluding carboxylic acids is 1. The van der Waals surface area contributed by atoms with Crippen molar-refractivity contribution in [3.63, 3.8) is 0 Å². The molecule has 0 bridgehead atoms. The number of carbonyl (C=O) groups is 1. The number of benzene rings is 2. The molecule has 0 amide bonds. The normalized spacial score (nSPS) is 11.1. The van der Waals surface area contributed by atoms with Crippen molar-refractivity contribution in [3.8, 4) is 11.5 Å². The van der Waals surface area contributed by atoms with Gasteiger partial charge in [0.25, 0.3) is 0 Å². The van der Waals surface area contributed by atoms with Crippen LogP contribution in [0.25, 0.3) is 17.0 Å². The fourth-order valence-electron chi connectivity index (χ4n) is 2.96. The van der Waals surface area contributed by atoms with Crippen molar-refractivity contribution in [2.75, 3.05) is 20.8 Å². The van der Waals surface area contributed by atoms with E-state index in [0.717, 1.165) is 34.9 Å². The van der Waals surface area contributed by atoms with Crippen molar-refractivity contribution in [1.29, 1.82) is 0 Å². The number of rotatable bonds is 8. The van der Waals surface area contributed by atoms with Crippen LogP contribution in [0.2, 0.25) is 5.02 Å². The third-order valence-electron chi connectivity index (χ3n) is 4.38. The molecule has 5 nitrogen and oxygen atoms in total. The molecule has 6 heteroatoms. The fourth-order valence-corrected chi connectivity index (χ4v) is 3.13. The molecular weight excluding hydrogens is 378 g/mol. The van der Waals surface area contributed by atoms with Gasteiger partial charge in [0.1, 0.15) is 0 Å². The molecule has 0 fully saturated rings. The van der Waals surface area contributed by atoms with Crippen molar-refractivity contribution < 1.29 is 19.0 Å². The van der Waals surface area contributed by atoms with E-state index in [4.69, 9.17) is 25.8 Å². The molecule has 3 rings (SSSR count). The number of aromatic nitrogens is 1. The number of halogens is 1. The number of hydrogen-bond donors (Lipinski definition) is 1. The number of H-pyrrole nitrogens is 1. The molecule has 3 aromatic rings. The lowest BCUT2D eigenvalue weighted by Crippen LogP contribution is -2.03. The molecule has 146 valence electrons. The van der Waals surface area contributed by atoms with Gasteiger partial charge in [0.05, 0.1) is 20.8 Å². The van der Waals surface area contributed by atoms with E-state index >= 15 is 0 Å². The Kier molecular flexibility index (Phi) is 6.61. The number of ether oxygens (including phenoxy) is 3. The summed E-state index contributed by atoms with van der Waals surface area (Å²) < 4.78 is 15.7. The van der Waals surface area contributed by atoms with E-state index in [-0.39, 0.29) is 5.97 Å². The number of hydrogen-bond acceptors (Lipinski definition) is 4. The van der Waals surface area contributed by atoms with Crippen LogP contribution in [-0.2, 0) is 16.0 Å². The summed E-state index contributed by atoms with van der Waals surface area (Å²) in [5, 5.41) is 1.81. The Hall–Kier alpha value is -2.92. The van der Waals surface area contributed by atoms with Gasteiger partial charge in [-0.2, -0.15) is 0 Å². The minimum absolute atomic E-state index is 0.350. The van der Waals surface area contributed by atoms with Crippen molar-refractivity contribution in [1.82, 2.24) is 4.98 Å². The molecule has 1 aromatic heterocycles. The van der Waals surface area contributed by atoms with E-state index in [9.17, 15) is 4.79 Å². The van der Waals surface area contributed by atoms with Gasteiger partial charge < -0.3 is 19.2 Å². The fraction of sp³-hybridized carbons (Fsp3) is 0.227. The predicted molar refractivity (Wildman–Crippen MR) is 111 cm³/mol. The van der Waals surface area contributed by atoms with Gasteiger partial charge in [0.2, 0.25) is 0 Å². The molecule has 0 aliphatic heterocycles. The van der Waals surface area contributed by atoms with Crippen LogP contribution in [0, 0.1) is 0 Å². The van der Waals surface area contributed by atoms with Crippen LogP contribution >= 0.6 is 11.6 Å². The Morgan fingerprint density at radius 2 is 1.93 bits per heavy atom. The summed E-state index contributed by atoms with van der Waals surface area (Å²) >= 11 is 6.07. The molecule has 0 aliphatic carbocycles. The van der Waals surface area contributed by atoms with Crippen LogP contribution in [0.1, 0.15) is 17.5 Å². The Labute approximate surface area is 168 Å². The molecule has 1 N–H and O–H groups in total. The minimum Gasteiger partial charge on any atom is -0.493 e. The van der Waals surface area contributed by atoms with Gasteiger partial charge in [-0.3, -0.25) is 0 Å². The van der Waals surface area contributed by atoms with Gasteiger partial charge in [-0.25, -0.2) is 4.79 Å². The lowest BCUT2D eigenvalue weighted by Gasteiger charge is -2.07. The van der Waals surface area contributed by atoms with Crippen molar-refractivity contribution in [2.45, 2.75) is 12.8 Å². The summed E-state index contributed by atoms with van der Waals surface area (Å²) in [4.78, 5) is 15.1. The maximum Gasteiger partial charge on any atom is 0.330 e. The maximum absolute atomic E-state index is 11.9. The molecule has 0 saturated heterocycles. The zero-order valence-corrected chi connectivity index (χ0v) is 16.6. The number of aromatic amines is 1. The Morgan fingerprint density at radius 1 is 1.11 bits per heavy atom. The van der Waals surface area contributed by atoms with Crippen LogP contribution in [0.4, 0.5) is 0 Å². The van der Waals surface area contributed by atoms with Gasteiger partial charge in [0.15, 0.2) is 11.5 Å². The van der Waals surface area contributed by atoms with Crippen molar-refractivity contribution in [3.05, 3.63) is 64.8 Å². The summed E-state index contributed by atoms with van der Waals surface area (Å²) in [5.74, 6) is 0.870. The van der Waals surface area contributed by atoms with E-state index in [0.29, 0.717) is 23.1 Å². The van der Waals surface area contributed by atoms with E-state index in [2.05, 4.69) is 4.98 Å². The van der Waals surface area contributed by atoms with Crippen LogP contribution in [0.15, 0.2) is 48.7 Å². The lowest BCUT2D eigenvalue weighted by molar-refractivity contribution is -0.137. The van der Waals surface area contributed by atoms with Crippen LogP contribution in [0.3, 0.4) is 0 Å². The largest absolute Gasteiger partial charge is 0.493 e. The maximum atomic E-state index is 11.9. The number of nitrogens with one attached hydrogen (secondary N) is 1. The molecule has 28 heavy (non-hydrogen) atoms. The smallest absolute Gasteiger partial charge is 0.330 e. The highest BCUT2D eigenvalue weighted by atomic mass is 35.5. The third kappa shape index (κ3) is 4.87. The molecule has 0 aliphatic rings. The van der Waals surface area contributed by atoms with Gasteiger partial charge in [-0.05, 0) is 60.4 Å². The molecule has 0 radical (unpaired) electrons. The SMILES string of the molecule is COc1ccc(/C=C/C(=O)OCCCc2c[nH]c3ccc(Cl)cc23)cc1OC. The zero-order valence-electron chi connectivity index (χ0n) is 15.8. The second-order valence-corrected chi connectivity index (χ2v) is 6.66. The predicted octanol–water partition coefficient (Wildman–Crippen LogP) is 5.03. The van der Waals surface area contributed by atoms with Gasteiger partial charge >= 0.3 is 5.97 Å². The van der Waals surface area contributed by atoms with Gasteiger partial charge in [0, 0.05) is 28.2 Å². The first-order valence-electron chi connectivity index (χ1n) is 8.93. The highest BCUT2D eigenvalue weighted by Gasteiger charge is 2.06. The Morgan fingerprint density at radius 3 is 2.71 bits per heavy atom. The first-order valence-corrected chi connectivity index (χ1v) is 9.31. The molecule has 0 atom stereocenters. The van der Waals surface area contributed by atoms with Crippen molar-refractivity contribution in [2.24, 2.45) is 0 Å². The van der Waals surface area contributed by atoms with Crippen LogP contribution in [-0.4, -0.2) is 31.8 Å². The summed E-state index contributed by atoms with van der Waals surface area (Å²) in [5.41, 5.74) is 3.04. The third-order valence-corrected chi connectivity index (χ3v) is 4.62. The summed E-state index contributed by atoms with van der Waals surface area (Å²) in [7, 11) is 3.15. The first-order chi connectivity index (χ1) is 13.6. The van der Waals surface area contributed by atoms with E-state index < -0.39 is 0 Å². The number of aryl methyl sites for hydroxylation is 1. The van der Waals surface area contributed by atoms with E-state index in [1.807, 2.05) is 30.5 Å². The topological polar surface area (TPSA) is 60.5 Å². The highest BCUT2D eigenvalue weighted by Crippen LogP contribution is 2.28. The van der Waals surface area contributed by atoms with E-state index in [1.165, 1.54) is 6.08 Å². The molecular formula is C22H22ClNO4. The molecule has 2 aromatic carbocycles. The molecule has 1 heterocycles. The van der Waals surface area contributed by atoms with Crippen LogP contribution in [0.5, 0.6) is 11.5 Å². The summed E-state index contributed by atoms with van der Waals surface area (Å²) in [6.07, 6.45) is 6.60. The average Bonchev–Trinajstić information content (AvgIpc) is 3.11. The van der Waals surface area contributed by atoms with Crippen LogP contribution < -0.4 is 9.47 Å².